The van der Waals surface area contributed by atoms with Crippen LogP contribution in [-0.4, -0.2) is 15.7 Å². The van der Waals surface area contributed by atoms with E-state index < -0.39 is 11.7 Å². The predicted octanol–water partition coefficient (Wildman–Crippen LogP) is 4.84. The number of hydrogen-bond donors (Lipinski definition) is 1. The molecule has 0 unspecified atom stereocenters. The van der Waals surface area contributed by atoms with Gasteiger partial charge in [0.1, 0.15) is 11.6 Å². The Morgan fingerprint density at radius 2 is 1.84 bits per heavy atom. The van der Waals surface area contributed by atoms with Gasteiger partial charge in [0.15, 0.2) is 12.4 Å². The van der Waals surface area contributed by atoms with Crippen molar-refractivity contribution >= 4 is 43.5 Å². The summed E-state index contributed by atoms with van der Waals surface area (Å²) in [6, 6.07) is 13.3. The summed E-state index contributed by atoms with van der Waals surface area (Å²) in [6.07, 6.45) is 1.62. The van der Waals surface area contributed by atoms with Crippen molar-refractivity contribution in [1.82, 2.24) is 9.78 Å². The minimum absolute atomic E-state index is 0.0915. The average Bonchev–Trinajstić information content (AvgIpc) is 3.06. The fraction of sp³-hybridized carbons (Fsp3) is 0.0588. The standard InChI is InChI=1S/C17H12Br2FN3O2/c18-11-1-4-13(5-2-11)25-10-23-8-7-16(22-23)17(24)21-15-6-3-12(19)9-14(15)20/h1-9H,10H2,(H,21,24). The molecule has 0 atom stereocenters. The van der Waals surface area contributed by atoms with Gasteiger partial charge in [-0.1, -0.05) is 31.9 Å². The molecule has 0 radical (unpaired) electrons. The van der Waals surface area contributed by atoms with Crippen LogP contribution in [-0.2, 0) is 6.73 Å². The number of carbonyl (C=O) groups is 1. The molecule has 8 heteroatoms. The number of benzene rings is 2. The number of aromatic nitrogens is 2. The number of carbonyl (C=O) groups excluding carboxylic acids is 1. The Labute approximate surface area is 160 Å². The number of nitrogens with one attached hydrogen (secondary N) is 1. The number of ether oxygens (including phenoxy) is 1. The van der Waals surface area contributed by atoms with Crippen LogP contribution in [0.15, 0.2) is 63.7 Å². The fourth-order valence-corrected chi connectivity index (χ4v) is 2.60. The number of halogens is 3. The highest BCUT2D eigenvalue weighted by Crippen LogP contribution is 2.20. The number of rotatable bonds is 5. The Morgan fingerprint density at radius 3 is 2.56 bits per heavy atom. The number of anilines is 1. The molecular weight excluding hydrogens is 457 g/mol. The van der Waals surface area contributed by atoms with Crippen LogP contribution >= 0.6 is 31.9 Å². The minimum atomic E-state index is -0.527. The normalized spacial score (nSPS) is 10.5. The summed E-state index contributed by atoms with van der Waals surface area (Å²) in [6.45, 7) is 0.154. The summed E-state index contributed by atoms with van der Waals surface area (Å²) in [5, 5.41) is 6.62. The highest BCUT2D eigenvalue weighted by Gasteiger charge is 2.12. The van der Waals surface area contributed by atoms with Crippen LogP contribution in [0.1, 0.15) is 10.5 Å². The van der Waals surface area contributed by atoms with Crippen molar-refractivity contribution in [2.24, 2.45) is 0 Å². The van der Waals surface area contributed by atoms with E-state index in [1.165, 1.54) is 22.9 Å². The van der Waals surface area contributed by atoms with Crippen molar-refractivity contribution in [3.05, 3.63) is 75.2 Å². The predicted molar refractivity (Wildman–Crippen MR) is 99.1 cm³/mol. The first-order chi connectivity index (χ1) is 12.0. The van der Waals surface area contributed by atoms with Crippen LogP contribution < -0.4 is 10.1 Å². The fourth-order valence-electron chi connectivity index (χ4n) is 2.00. The monoisotopic (exact) mass is 467 g/mol. The Kier molecular flexibility index (Phi) is 5.50. The van der Waals surface area contributed by atoms with Gasteiger partial charge in [-0.25, -0.2) is 9.07 Å². The molecule has 5 nitrogen and oxygen atoms in total. The van der Waals surface area contributed by atoms with Gasteiger partial charge in [-0.2, -0.15) is 5.10 Å². The highest BCUT2D eigenvalue weighted by molar-refractivity contribution is 9.10. The van der Waals surface area contributed by atoms with Gasteiger partial charge in [0, 0.05) is 15.1 Å². The van der Waals surface area contributed by atoms with Crippen LogP contribution in [0.2, 0.25) is 0 Å². The summed E-state index contributed by atoms with van der Waals surface area (Å²) in [5.41, 5.74) is 0.260. The lowest BCUT2D eigenvalue weighted by Crippen LogP contribution is -2.15. The van der Waals surface area contributed by atoms with Crippen LogP contribution in [0, 0.1) is 5.82 Å². The van der Waals surface area contributed by atoms with Crippen molar-refractivity contribution in [1.29, 1.82) is 0 Å². The first-order valence-corrected chi connectivity index (χ1v) is 8.78. The molecule has 0 bridgehead atoms. The summed E-state index contributed by atoms with van der Waals surface area (Å²) < 4.78 is 22.4. The molecule has 128 valence electrons. The van der Waals surface area contributed by atoms with Crippen molar-refractivity contribution in [2.75, 3.05) is 5.32 Å². The molecule has 25 heavy (non-hydrogen) atoms. The SMILES string of the molecule is O=C(Nc1ccc(Br)cc1F)c1ccn(COc2ccc(Br)cc2)n1. The van der Waals surface area contributed by atoms with Gasteiger partial charge in [-0.05, 0) is 48.5 Å². The number of amides is 1. The van der Waals surface area contributed by atoms with Gasteiger partial charge in [0.25, 0.3) is 5.91 Å². The van der Waals surface area contributed by atoms with E-state index in [1.54, 1.807) is 12.3 Å². The van der Waals surface area contributed by atoms with Crippen LogP contribution in [0.4, 0.5) is 10.1 Å². The molecule has 1 N–H and O–H groups in total. The van der Waals surface area contributed by atoms with Gasteiger partial charge in [-0.15, -0.1) is 0 Å². The van der Waals surface area contributed by atoms with Crippen molar-refractivity contribution in [3.63, 3.8) is 0 Å². The zero-order valence-electron chi connectivity index (χ0n) is 12.7. The molecule has 2 aromatic carbocycles. The van der Waals surface area contributed by atoms with Crippen molar-refractivity contribution in [3.8, 4) is 5.75 Å². The molecule has 0 aliphatic rings. The van der Waals surface area contributed by atoms with E-state index in [4.69, 9.17) is 4.74 Å². The third-order valence-electron chi connectivity index (χ3n) is 3.23. The Balaban J connectivity index is 1.62. The van der Waals surface area contributed by atoms with Gasteiger partial charge < -0.3 is 10.1 Å². The Hall–Kier alpha value is -2.19. The second kappa shape index (κ2) is 7.79. The number of hydrogen-bond acceptors (Lipinski definition) is 3. The second-order valence-electron chi connectivity index (χ2n) is 5.05. The van der Waals surface area contributed by atoms with Crippen LogP contribution in [0.3, 0.4) is 0 Å². The smallest absolute Gasteiger partial charge is 0.276 e. The van der Waals surface area contributed by atoms with Crippen LogP contribution in [0.25, 0.3) is 0 Å². The molecule has 3 aromatic rings. The summed E-state index contributed by atoms with van der Waals surface area (Å²) in [5.74, 6) is -0.342. The van der Waals surface area contributed by atoms with Crippen molar-refractivity contribution < 1.29 is 13.9 Å². The van der Waals surface area contributed by atoms with E-state index in [-0.39, 0.29) is 18.1 Å². The molecule has 0 fully saturated rings. The quantitative estimate of drug-likeness (QED) is 0.583. The highest BCUT2D eigenvalue weighted by atomic mass is 79.9. The third-order valence-corrected chi connectivity index (χ3v) is 4.25. The molecule has 3 rings (SSSR count). The van der Waals surface area contributed by atoms with Gasteiger partial charge in [0.05, 0.1) is 5.69 Å². The molecule has 0 aliphatic heterocycles. The minimum Gasteiger partial charge on any atom is -0.471 e. The van der Waals surface area contributed by atoms with E-state index in [1.807, 2.05) is 24.3 Å². The molecule has 0 spiro atoms. The van der Waals surface area contributed by atoms with E-state index in [2.05, 4.69) is 42.3 Å². The summed E-state index contributed by atoms with van der Waals surface area (Å²) in [7, 11) is 0. The van der Waals surface area contributed by atoms with Crippen LogP contribution in [0.5, 0.6) is 5.75 Å². The maximum absolute atomic E-state index is 13.8. The van der Waals surface area contributed by atoms with E-state index in [9.17, 15) is 9.18 Å². The molecule has 1 heterocycles. The topological polar surface area (TPSA) is 56.2 Å². The molecule has 0 saturated heterocycles. The maximum atomic E-state index is 13.8. The summed E-state index contributed by atoms with van der Waals surface area (Å²) in [4.78, 5) is 12.2. The second-order valence-corrected chi connectivity index (χ2v) is 6.88. The largest absolute Gasteiger partial charge is 0.471 e. The van der Waals surface area contributed by atoms with Gasteiger partial charge in [0.2, 0.25) is 0 Å². The molecule has 0 saturated carbocycles. The Bertz CT molecular complexity index is 897. The first kappa shape index (κ1) is 17.6. The third kappa shape index (κ3) is 4.67. The zero-order chi connectivity index (χ0) is 17.8. The van der Waals surface area contributed by atoms with Gasteiger partial charge in [-0.3, -0.25) is 4.79 Å². The zero-order valence-corrected chi connectivity index (χ0v) is 15.9. The maximum Gasteiger partial charge on any atom is 0.276 e. The Morgan fingerprint density at radius 1 is 1.12 bits per heavy atom. The average molecular weight is 469 g/mol. The van der Waals surface area contributed by atoms with Crippen molar-refractivity contribution in [2.45, 2.75) is 6.73 Å². The van der Waals surface area contributed by atoms with E-state index in [0.29, 0.717) is 10.2 Å². The molecular formula is C17H12Br2FN3O2. The summed E-state index contributed by atoms with van der Waals surface area (Å²) >= 11 is 6.52. The number of nitrogens with zero attached hydrogens (tertiary/aromatic N) is 2. The first-order valence-electron chi connectivity index (χ1n) is 7.19. The van der Waals surface area contributed by atoms with E-state index >= 15 is 0 Å². The van der Waals surface area contributed by atoms with E-state index in [0.717, 1.165) is 4.47 Å². The molecule has 0 aliphatic carbocycles. The lowest BCUT2D eigenvalue weighted by atomic mass is 10.3. The lowest BCUT2D eigenvalue weighted by Gasteiger charge is -2.06. The molecule has 1 aromatic heterocycles. The molecule has 1 amide bonds. The van der Waals surface area contributed by atoms with Gasteiger partial charge >= 0.3 is 0 Å². The lowest BCUT2D eigenvalue weighted by molar-refractivity contribution is 0.101.